The van der Waals surface area contributed by atoms with Crippen LogP contribution in [0.3, 0.4) is 0 Å². The molecule has 0 aliphatic carbocycles. The molecule has 0 spiro atoms. The Labute approximate surface area is 104 Å². The van der Waals surface area contributed by atoms with Crippen LogP contribution < -0.4 is 10.1 Å². The summed E-state index contributed by atoms with van der Waals surface area (Å²) in [7, 11) is 0. The normalized spacial score (nSPS) is 14.9. The minimum Gasteiger partial charge on any atom is -0.490 e. The van der Waals surface area contributed by atoms with Gasteiger partial charge in [0, 0.05) is 5.33 Å². The molecule has 80 valence electrons. The van der Waals surface area contributed by atoms with Crippen LogP contribution in [0.5, 0.6) is 5.75 Å². The zero-order chi connectivity index (χ0) is 10.8. The third-order valence-electron chi connectivity index (χ3n) is 2.14. The average Bonchev–Trinajstić information content (AvgIpc) is 2.41. The smallest absolute Gasteiger partial charge is 0.255 e. The summed E-state index contributed by atoms with van der Waals surface area (Å²) >= 11 is 6.78. The topological polar surface area (TPSA) is 38.3 Å². The Morgan fingerprint density at radius 3 is 3.00 bits per heavy atom. The quantitative estimate of drug-likeness (QED) is 0.801. The van der Waals surface area contributed by atoms with Gasteiger partial charge in [-0.2, -0.15) is 0 Å². The molecule has 0 aromatic heterocycles. The predicted octanol–water partition coefficient (Wildman–Crippen LogP) is 2.47. The number of ether oxygens (including phenoxy) is 1. The van der Waals surface area contributed by atoms with E-state index in [1.54, 1.807) is 0 Å². The second kappa shape index (κ2) is 4.53. The van der Waals surface area contributed by atoms with Gasteiger partial charge in [0.2, 0.25) is 0 Å². The zero-order valence-electron chi connectivity index (χ0n) is 7.85. The summed E-state index contributed by atoms with van der Waals surface area (Å²) in [6.07, 6.45) is 0. The summed E-state index contributed by atoms with van der Waals surface area (Å²) in [5, 5.41) is 3.49. The predicted molar refractivity (Wildman–Crippen MR) is 64.6 cm³/mol. The number of alkyl halides is 1. The molecule has 15 heavy (non-hydrogen) atoms. The lowest BCUT2D eigenvalue weighted by Gasteiger charge is -2.09. The molecule has 1 amide bonds. The molecular formula is C10H9Br2NO2. The van der Waals surface area contributed by atoms with Gasteiger partial charge >= 0.3 is 0 Å². The average molecular weight is 335 g/mol. The van der Waals surface area contributed by atoms with Crippen LogP contribution in [-0.4, -0.2) is 19.1 Å². The number of halogens is 2. The highest BCUT2D eigenvalue weighted by Crippen LogP contribution is 2.32. The molecule has 1 N–H and O–H groups in total. The molecular weight excluding hydrogens is 326 g/mol. The van der Waals surface area contributed by atoms with E-state index in [-0.39, 0.29) is 5.91 Å². The monoisotopic (exact) mass is 333 g/mol. The molecule has 5 heteroatoms. The van der Waals surface area contributed by atoms with Gasteiger partial charge in [-0.3, -0.25) is 4.79 Å². The Hall–Kier alpha value is -0.550. The minimum absolute atomic E-state index is 0.0778. The van der Waals surface area contributed by atoms with Crippen molar-refractivity contribution >= 4 is 37.8 Å². The first kappa shape index (κ1) is 11.0. The van der Waals surface area contributed by atoms with Gasteiger partial charge in [-0.1, -0.05) is 15.9 Å². The number of carbonyl (C=O) groups excluding carboxylic acids is 1. The largest absolute Gasteiger partial charge is 0.490 e. The van der Waals surface area contributed by atoms with Crippen molar-refractivity contribution in [3.05, 3.63) is 27.7 Å². The minimum atomic E-state index is -0.0778. The lowest BCUT2D eigenvalue weighted by molar-refractivity contribution is 0.0957. The Kier molecular flexibility index (Phi) is 3.31. The van der Waals surface area contributed by atoms with E-state index in [1.807, 2.05) is 12.1 Å². The van der Waals surface area contributed by atoms with Crippen molar-refractivity contribution in [2.45, 2.75) is 5.33 Å². The summed E-state index contributed by atoms with van der Waals surface area (Å²) in [6.45, 7) is 1.05. The van der Waals surface area contributed by atoms with E-state index >= 15 is 0 Å². The van der Waals surface area contributed by atoms with Crippen LogP contribution in [-0.2, 0) is 5.33 Å². The first-order valence-electron chi connectivity index (χ1n) is 4.51. The molecule has 0 saturated heterocycles. The van der Waals surface area contributed by atoms with E-state index in [1.165, 1.54) is 0 Å². The van der Waals surface area contributed by atoms with Crippen LogP contribution in [0.4, 0.5) is 0 Å². The number of fused-ring (bicyclic) bond motifs is 1. The molecule has 3 nitrogen and oxygen atoms in total. The number of benzene rings is 1. The second-order valence-electron chi connectivity index (χ2n) is 3.19. The van der Waals surface area contributed by atoms with Gasteiger partial charge in [-0.15, -0.1) is 0 Å². The molecule has 1 aliphatic rings. The highest BCUT2D eigenvalue weighted by Gasteiger charge is 2.19. The summed E-state index contributed by atoms with van der Waals surface area (Å²) in [4.78, 5) is 11.7. The van der Waals surface area contributed by atoms with Gasteiger partial charge in [0.05, 0.1) is 16.6 Å². The lowest BCUT2D eigenvalue weighted by atomic mass is 10.1. The van der Waals surface area contributed by atoms with E-state index in [4.69, 9.17) is 4.74 Å². The van der Waals surface area contributed by atoms with Crippen LogP contribution >= 0.6 is 31.9 Å². The van der Waals surface area contributed by atoms with Crippen LogP contribution in [0.15, 0.2) is 16.6 Å². The molecule has 0 radical (unpaired) electrons. The number of hydrogen-bond acceptors (Lipinski definition) is 2. The number of nitrogens with one attached hydrogen (secondary N) is 1. The van der Waals surface area contributed by atoms with E-state index in [0.29, 0.717) is 29.8 Å². The molecule has 0 unspecified atom stereocenters. The molecule has 1 aromatic rings. The Balaban J connectivity index is 2.55. The standard InChI is InChI=1S/C10H9Br2NO2/c11-5-6-3-7-9(8(12)4-6)15-2-1-13-10(7)14/h3-4H,1-2,5H2,(H,13,14). The fourth-order valence-corrected chi connectivity index (χ4v) is 2.40. The van der Waals surface area contributed by atoms with Crippen LogP contribution in [0.2, 0.25) is 0 Å². The highest BCUT2D eigenvalue weighted by atomic mass is 79.9. The number of amides is 1. The zero-order valence-corrected chi connectivity index (χ0v) is 11.0. The number of carbonyl (C=O) groups is 1. The SMILES string of the molecule is O=C1NCCOc2c(Br)cc(CBr)cc21. The van der Waals surface area contributed by atoms with Crippen LogP contribution in [0.1, 0.15) is 15.9 Å². The van der Waals surface area contributed by atoms with Crippen LogP contribution in [0.25, 0.3) is 0 Å². The molecule has 0 fully saturated rings. The van der Waals surface area contributed by atoms with E-state index in [9.17, 15) is 4.79 Å². The van der Waals surface area contributed by atoms with Crippen molar-refractivity contribution in [3.8, 4) is 5.75 Å². The molecule has 0 bridgehead atoms. The van der Waals surface area contributed by atoms with Crippen molar-refractivity contribution < 1.29 is 9.53 Å². The maximum absolute atomic E-state index is 11.7. The van der Waals surface area contributed by atoms with Gasteiger partial charge in [0.25, 0.3) is 5.91 Å². The van der Waals surface area contributed by atoms with Crippen LogP contribution in [0, 0.1) is 0 Å². The Bertz CT molecular complexity index is 407. The maximum atomic E-state index is 11.7. The second-order valence-corrected chi connectivity index (χ2v) is 4.61. The molecule has 0 atom stereocenters. The lowest BCUT2D eigenvalue weighted by Crippen LogP contribution is -2.24. The van der Waals surface area contributed by atoms with E-state index in [0.717, 1.165) is 10.0 Å². The number of hydrogen-bond donors (Lipinski definition) is 1. The molecule has 0 saturated carbocycles. The first-order chi connectivity index (χ1) is 7.22. The van der Waals surface area contributed by atoms with Gasteiger partial charge in [0.15, 0.2) is 0 Å². The molecule has 1 aliphatic heterocycles. The summed E-state index contributed by atoms with van der Waals surface area (Å²) in [6, 6.07) is 3.79. The van der Waals surface area contributed by atoms with E-state index < -0.39 is 0 Å². The molecule has 1 heterocycles. The molecule has 2 rings (SSSR count). The van der Waals surface area contributed by atoms with Crippen molar-refractivity contribution in [1.29, 1.82) is 0 Å². The highest BCUT2D eigenvalue weighted by molar-refractivity contribution is 9.10. The van der Waals surface area contributed by atoms with Crippen molar-refractivity contribution in [1.82, 2.24) is 5.32 Å². The fourth-order valence-electron chi connectivity index (χ4n) is 1.45. The number of rotatable bonds is 1. The van der Waals surface area contributed by atoms with Crippen molar-refractivity contribution in [2.24, 2.45) is 0 Å². The van der Waals surface area contributed by atoms with Gasteiger partial charge in [-0.25, -0.2) is 0 Å². The molecule has 1 aromatic carbocycles. The van der Waals surface area contributed by atoms with Gasteiger partial charge in [0.1, 0.15) is 12.4 Å². The third-order valence-corrected chi connectivity index (χ3v) is 3.37. The fraction of sp³-hybridized carbons (Fsp3) is 0.300. The van der Waals surface area contributed by atoms with Crippen molar-refractivity contribution in [2.75, 3.05) is 13.2 Å². The van der Waals surface area contributed by atoms with Gasteiger partial charge in [-0.05, 0) is 33.6 Å². The maximum Gasteiger partial charge on any atom is 0.255 e. The van der Waals surface area contributed by atoms with Crippen molar-refractivity contribution in [3.63, 3.8) is 0 Å². The summed E-state index contributed by atoms with van der Waals surface area (Å²) in [5.74, 6) is 0.556. The summed E-state index contributed by atoms with van der Waals surface area (Å²) < 4.78 is 6.33. The van der Waals surface area contributed by atoms with Gasteiger partial charge < -0.3 is 10.1 Å². The first-order valence-corrected chi connectivity index (χ1v) is 6.43. The summed E-state index contributed by atoms with van der Waals surface area (Å²) in [5.41, 5.74) is 1.64. The third kappa shape index (κ3) is 2.18. The Morgan fingerprint density at radius 1 is 1.47 bits per heavy atom. The Morgan fingerprint density at radius 2 is 2.27 bits per heavy atom. The van der Waals surface area contributed by atoms with E-state index in [2.05, 4.69) is 37.2 Å².